The molecule has 134 valence electrons. The van der Waals surface area contributed by atoms with Gasteiger partial charge in [-0.1, -0.05) is 29.8 Å². The van der Waals surface area contributed by atoms with Crippen molar-refractivity contribution in [2.24, 2.45) is 0 Å². The number of rotatable bonds is 7. The molecule has 0 saturated carbocycles. The van der Waals surface area contributed by atoms with E-state index < -0.39 is 5.91 Å². The van der Waals surface area contributed by atoms with Gasteiger partial charge in [0.05, 0.1) is 6.61 Å². The predicted octanol–water partition coefficient (Wildman–Crippen LogP) is 4.22. The van der Waals surface area contributed by atoms with Gasteiger partial charge in [0.1, 0.15) is 24.0 Å². The van der Waals surface area contributed by atoms with Crippen LogP contribution >= 0.6 is 11.6 Å². The van der Waals surface area contributed by atoms with E-state index in [1.54, 1.807) is 56.5 Å². The fourth-order valence-electron chi connectivity index (χ4n) is 2.18. The summed E-state index contributed by atoms with van der Waals surface area (Å²) >= 11 is 6.06. The van der Waals surface area contributed by atoms with Crippen molar-refractivity contribution in [2.75, 3.05) is 25.6 Å². The molecular formula is C20H19ClN2O3. The average Bonchev–Trinajstić information content (AvgIpc) is 2.64. The van der Waals surface area contributed by atoms with Gasteiger partial charge in [-0.25, -0.2) is 0 Å². The Hall–Kier alpha value is -2.81. The molecule has 5 nitrogen and oxygen atoms in total. The van der Waals surface area contributed by atoms with E-state index in [0.717, 1.165) is 5.56 Å². The van der Waals surface area contributed by atoms with Gasteiger partial charge >= 0.3 is 0 Å². The van der Waals surface area contributed by atoms with Gasteiger partial charge in [0.15, 0.2) is 0 Å². The second kappa shape index (κ2) is 9.62. The molecule has 6 heteroatoms. The summed E-state index contributed by atoms with van der Waals surface area (Å²) in [4.78, 5) is 12.4. The SMILES string of the molecule is COCCOc1cccc(/C=C(\C#N)C(=O)Nc2cccc(Cl)c2C)c1. The first kappa shape index (κ1) is 19.5. The van der Waals surface area contributed by atoms with Crippen molar-refractivity contribution in [1.29, 1.82) is 5.26 Å². The zero-order valence-corrected chi connectivity index (χ0v) is 15.3. The van der Waals surface area contributed by atoms with Crippen molar-refractivity contribution in [3.63, 3.8) is 0 Å². The monoisotopic (exact) mass is 370 g/mol. The minimum Gasteiger partial charge on any atom is -0.491 e. The highest BCUT2D eigenvalue weighted by Gasteiger charge is 2.12. The van der Waals surface area contributed by atoms with Gasteiger partial charge in [0.2, 0.25) is 0 Å². The van der Waals surface area contributed by atoms with Crippen LogP contribution in [0.25, 0.3) is 6.08 Å². The van der Waals surface area contributed by atoms with Crippen LogP contribution in [0.15, 0.2) is 48.0 Å². The Labute approximate surface area is 157 Å². The van der Waals surface area contributed by atoms with Gasteiger partial charge in [-0.3, -0.25) is 4.79 Å². The molecule has 2 rings (SSSR count). The second-order valence-electron chi connectivity index (χ2n) is 5.45. The summed E-state index contributed by atoms with van der Waals surface area (Å²) < 4.78 is 10.5. The molecule has 0 radical (unpaired) electrons. The number of amides is 1. The number of methoxy groups -OCH3 is 1. The molecule has 0 heterocycles. The number of nitrogens with zero attached hydrogens (tertiary/aromatic N) is 1. The summed E-state index contributed by atoms with van der Waals surface area (Å²) in [7, 11) is 1.60. The third kappa shape index (κ3) is 5.35. The fourth-order valence-corrected chi connectivity index (χ4v) is 2.36. The first-order valence-corrected chi connectivity index (χ1v) is 8.33. The third-order valence-electron chi connectivity index (χ3n) is 3.61. The number of hydrogen-bond donors (Lipinski definition) is 1. The summed E-state index contributed by atoms with van der Waals surface area (Å²) in [6.45, 7) is 2.70. The van der Waals surface area contributed by atoms with Crippen molar-refractivity contribution in [1.82, 2.24) is 0 Å². The lowest BCUT2D eigenvalue weighted by Crippen LogP contribution is -2.14. The standard InChI is InChI=1S/C20H19ClN2O3/c1-14-18(21)7-4-8-19(14)23-20(24)16(13-22)11-15-5-3-6-17(12-15)26-10-9-25-2/h3-8,11-12H,9-10H2,1-2H3,(H,23,24)/b16-11+. The van der Waals surface area contributed by atoms with E-state index >= 15 is 0 Å². The number of carbonyl (C=O) groups is 1. The first-order chi connectivity index (χ1) is 12.5. The van der Waals surface area contributed by atoms with E-state index in [1.165, 1.54) is 6.08 Å². The van der Waals surface area contributed by atoms with Crippen LogP contribution in [0, 0.1) is 18.3 Å². The van der Waals surface area contributed by atoms with Crippen LogP contribution in [0.4, 0.5) is 5.69 Å². The van der Waals surface area contributed by atoms with Crippen LogP contribution in [0.2, 0.25) is 5.02 Å². The largest absolute Gasteiger partial charge is 0.491 e. The molecule has 0 spiro atoms. The summed E-state index contributed by atoms with van der Waals surface area (Å²) in [5.41, 5.74) is 1.99. The maximum Gasteiger partial charge on any atom is 0.266 e. The number of benzene rings is 2. The molecule has 0 aliphatic rings. The molecule has 0 saturated heterocycles. The number of halogens is 1. The third-order valence-corrected chi connectivity index (χ3v) is 4.02. The Bertz CT molecular complexity index is 856. The van der Waals surface area contributed by atoms with Crippen LogP contribution in [-0.2, 0) is 9.53 Å². The zero-order chi connectivity index (χ0) is 18.9. The topological polar surface area (TPSA) is 71.3 Å². The van der Waals surface area contributed by atoms with E-state index in [4.69, 9.17) is 21.1 Å². The molecule has 0 aliphatic heterocycles. The molecule has 0 aliphatic carbocycles. The van der Waals surface area contributed by atoms with E-state index in [0.29, 0.717) is 35.2 Å². The van der Waals surface area contributed by atoms with Crippen molar-refractivity contribution >= 4 is 29.3 Å². The smallest absolute Gasteiger partial charge is 0.266 e. The molecule has 1 amide bonds. The second-order valence-corrected chi connectivity index (χ2v) is 5.86. The minimum absolute atomic E-state index is 0.0154. The van der Waals surface area contributed by atoms with Crippen LogP contribution in [0.1, 0.15) is 11.1 Å². The number of anilines is 1. The lowest BCUT2D eigenvalue weighted by atomic mass is 10.1. The van der Waals surface area contributed by atoms with Crippen molar-refractivity contribution in [2.45, 2.75) is 6.92 Å². The lowest BCUT2D eigenvalue weighted by Gasteiger charge is -2.09. The highest BCUT2D eigenvalue weighted by Crippen LogP contribution is 2.23. The Morgan fingerprint density at radius 3 is 2.77 bits per heavy atom. The maximum atomic E-state index is 12.4. The summed E-state index contributed by atoms with van der Waals surface area (Å²) in [6, 6.07) is 14.3. The fraction of sp³-hybridized carbons (Fsp3) is 0.200. The molecule has 2 aromatic carbocycles. The summed E-state index contributed by atoms with van der Waals surface area (Å²) in [5, 5.41) is 12.6. The molecule has 0 fully saturated rings. The lowest BCUT2D eigenvalue weighted by molar-refractivity contribution is -0.112. The maximum absolute atomic E-state index is 12.4. The predicted molar refractivity (Wildman–Crippen MR) is 102 cm³/mol. The molecule has 0 unspecified atom stereocenters. The minimum atomic E-state index is -0.497. The zero-order valence-electron chi connectivity index (χ0n) is 14.6. The number of nitriles is 1. The van der Waals surface area contributed by atoms with Crippen molar-refractivity contribution < 1.29 is 14.3 Å². The normalized spacial score (nSPS) is 10.9. The number of carbonyl (C=O) groups excluding carboxylic acids is 1. The number of hydrogen-bond acceptors (Lipinski definition) is 4. The van der Waals surface area contributed by atoms with Gasteiger partial charge in [0, 0.05) is 17.8 Å². The Kier molecular flexibility index (Phi) is 7.22. The van der Waals surface area contributed by atoms with Gasteiger partial charge in [0.25, 0.3) is 5.91 Å². The Balaban J connectivity index is 2.16. The van der Waals surface area contributed by atoms with E-state index in [2.05, 4.69) is 5.32 Å². The average molecular weight is 371 g/mol. The summed E-state index contributed by atoms with van der Waals surface area (Å²) in [5.74, 6) is 0.141. The van der Waals surface area contributed by atoms with E-state index in [-0.39, 0.29) is 5.57 Å². The molecule has 0 atom stereocenters. The molecule has 2 aromatic rings. The van der Waals surface area contributed by atoms with Crippen LogP contribution in [-0.4, -0.2) is 26.2 Å². The molecule has 0 aromatic heterocycles. The van der Waals surface area contributed by atoms with E-state index in [9.17, 15) is 10.1 Å². The molecule has 26 heavy (non-hydrogen) atoms. The van der Waals surface area contributed by atoms with Gasteiger partial charge in [-0.2, -0.15) is 5.26 Å². The van der Waals surface area contributed by atoms with Crippen LogP contribution in [0.5, 0.6) is 5.75 Å². The number of ether oxygens (including phenoxy) is 2. The molecule has 0 bridgehead atoms. The Morgan fingerprint density at radius 1 is 1.27 bits per heavy atom. The number of nitrogens with one attached hydrogen (secondary N) is 1. The molecular weight excluding hydrogens is 352 g/mol. The quantitative estimate of drug-likeness (QED) is 0.450. The molecule has 1 N–H and O–H groups in total. The highest BCUT2D eigenvalue weighted by atomic mass is 35.5. The van der Waals surface area contributed by atoms with Crippen LogP contribution in [0.3, 0.4) is 0 Å². The van der Waals surface area contributed by atoms with Gasteiger partial charge in [-0.15, -0.1) is 0 Å². The van der Waals surface area contributed by atoms with Gasteiger partial charge in [-0.05, 0) is 48.4 Å². The first-order valence-electron chi connectivity index (χ1n) is 7.95. The van der Waals surface area contributed by atoms with Crippen molar-refractivity contribution in [3.8, 4) is 11.8 Å². The Morgan fingerprint density at radius 2 is 2.04 bits per heavy atom. The van der Waals surface area contributed by atoms with Gasteiger partial charge < -0.3 is 14.8 Å². The highest BCUT2D eigenvalue weighted by molar-refractivity contribution is 6.31. The van der Waals surface area contributed by atoms with Crippen molar-refractivity contribution in [3.05, 3.63) is 64.2 Å². The van der Waals surface area contributed by atoms with E-state index in [1.807, 2.05) is 6.07 Å². The summed E-state index contributed by atoms with van der Waals surface area (Å²) in [6.07, 6.45) is 1.51. The van der Waals surface area contributed by atoms with Crippen LogP contribution < -0.4 is 10.1 Å².